The standard InChI is InChI=1S/C12H15N3O3/c1-12(2)11(18)13-5-6-15(12)8-3-4-9(10(16)17)14-7-8/h3-4,7H,5-6H2,1-2H3,(H,13,18)(H,16,17). The summed E-state index contributed by atoms with van der Waals surface area (Å²) in [6.45, 7) is 4.90. The predicted octanol–water partition coefficient (Wildman–Crippen LogP) is 0.495. The molecule has 1 aliphatic rings. The van der Waals surface area contributed by atoms with Gasteiger partial charge >= 0.3 is 5.97 Å². The number of aromatic nitrogens is 1. The quantitative estimate of drug-likeness (QED) is 0.797. The second kappa shape index (κ2) is 4.29. The Hall–Kier alpha value is -2.11. The SMILES string of the molecule is CC1(C)C(=O)NCCN1c1ccc(C(=O)O)nc1. The van der Waals surface area contributed by atoms with E-state index >= 15 is 0 Å². The van der Waals surface area contributed by atoms with Gasteiger partial charge in [-0.3, -0.25) is 4.79 Å². The minimum absolute atomic E-state index is 0.00184. The summed E-state index contributed by atoms with van der Waals surface area (Å²) < 4.78 is 0. The van der Waals surface area contributed by atoms with Crippen molar-refractivity contribution in [2.75, 3.05) is 18.0 Å². The van der Waals surface area contributed by atoms with E-state index in [0.29, 0.717) is 13.1 Å². The van der Waals surface area contributed by atoms with Crippen molar-refractivity contribution in [2.45, 2.75) is 19.4 Å². The van der Waals surface area contributed by atoms with Gasteiger partial charge in [0.25, 0.3) is 0 Å². The third-order valence-electron chi connectivity index (χ3n) is 3.13. The van der Waals surface area contributed by atoms with Gasteiger partial charge in [0.15, 0.2) is 0 Å². The van der Waals surface area contributed by atoms with Gasteiger partial charge in [-0.1, -0.05) is 0 Å². The Labute approximate surface area is 105 Å². The number of nitrogens with zero attached hydrogens (tertiary/aromatic N) is 2. The van der Waals surface area contributed by atoms with Gasteiger partial charge in [-0.05, 0) is 26.0 Å². The fraction of sp³-hybridized carbons (Fsp3) is 0.417. The fourth-order valence-corrected chi connectivity index (χ4v) is 2.02. The van der Waals surface area contributed by atoms with E-state index in [0.717, 1.165) is 5.69 Å². The molecule has 96 valence electrons. The van der Waals surface area contributed by atoms with Crippen molar-refractivity contribution in [1.82, 2.24) is 10.3 Å². The molecule has 1 aromatic heterocycles. The molecule has 0 aromatic carbocycles. The number of carboxylic acids is 1. The van der Waals surface area contributed by atoms with Crippen molar-refractivity contribution < 1.29 is 14.7 Å². The lowest BCUT2D eigenvalue weighted by atomic mass is 9.98. The predicted molar refractivity (Wildman–Crippen MR) is 65.6 cm³/mol. The number of piperazine rings is 1. The molecule has 0 atom stereocenters. The van der Waals surface area contributed by atoms with Gasteiger partial charge in [0, 0.05) is 13.1 Å². The van der Waals surface area contributed by atoms with Crippen LogP contribution in [0.15, 0.2) is 18.3 Å². The molecule has 0 unspecified atom stereocenters. The number of carbonyl (C=O) groups excluding carboxylic acids is 1. The summed E-state index contributed by atoms with van der Waals surface area (Å²) in [5.41, 5.74) is 0.0860. The summed E-state index contributed by atoms with van der Waals surface area (Å²) in [5, 5.41) is 11.6. The Balaban J connectivity index is 2.30. The molecule has 0 spiro atoms. The lowest BCUT2D eigenvalue weighted by Gasteiger charge is -2.42. The molecule has 2 heterocycles. The van der Waals surface area contributed by atoms with Crippen LogP contribution in [0.4, 0.5) is 5.69 Å². The second-order valence-electron chi connectivity index (χ2n) is 4.67. The van der Waals surface area contributed by atoms with E-state index < -0.39 is 11.5 Å². The highest BCUT2D eigenvalue weighted by atomic mass is 16.4. The Kier molecular flexibility index (Phi) is 2.94. The smallest absolute Gasteiger partial charge is 0.354 e. The van der Waals surface area contributed by atoms with Gasteiger partial charge in [0.1, 0.15) is 11.2 Å². The molecule has 1 aromatic rings. The van der Waals surface area contributed by atoms with E-state index in [4.69, 9.17) is 5.11 Å². The van der Waals surface area contributed by atoms with E-state index in [9.17, 15) is 9.59 Å². The molecule has 0 radical (unpaired) electrons. The van der Waals surface area contributed by atoms with Crippen LogP contribution < -0.4 is 10.2 Å². The van der Waals surface area contributed by atoms with Crippen LogP contribution >= 0.6 is 0 Å². The Morgan fingerprint density at radius 3 is 2.78 bits per heavy atom. The monoisotopic (exact) mass is 249 g/mol. The molecule has 0 aliphatic carbocycles. The van der Waals surface area contributed by atoms with E-state index in [-0.39, 0.29) is 11.6 Å². The van der Waals surface area contributed by atoms with E-state index in [1.165, 1.54) is 12.3 Å². The van der Waals surface area contributed by atoms with Crippen LogP contribution in [-0.4, -0.2) is 40.6 Å². The van der Waals surface area contributed by atoms with Crippen LogP contribution in [0.25, 0.3) is 0 Å². The number of anilines is 1. The van der Waals surface area contributed by atoms with E-state index in [1.54, 1.807) is 6.07 Å². The molecular weight excluding hydrogens is 234 g/mol. The molecule has 2 rings (SSSR count). The first-order valence-electron chi connectivity index (χ1n) is 5.68. The zero-order valence-corrected chi connectivity index (χ0v) is 10.3. The molecule has 6 nitrogen and oxygen atoms in total. The Morgan fingerprint density at radius 2 is 2.22 bits per heavy atom. The molecule has 0 bridgehead atoms. The number of pyridine rings is 1. The van der Waals surface area contributed by atoms with Gasteiger partial charge in [0.2, 0.25) is 5.91 Å². The molecule has 0 saturated carbocycles. The average molecular weight is 249 g/mol. The maximum Gasteiger partial charge on any atom is 0.354 e. The first-order chi connectivity index (χ1) is 8.43. The summed E-state index contributed by atoms with van der Waals surface area (Å²) in [6, 6.07) is 3.12. The van der Waals surface area contributed by atoms with Crippen LogP contribution in [0, 0.1) is 0 Å². The summed E-state index contributed by atoms with van der Waals surface area (Å²) in [6.07, 6.45) is 1.49. The molecule has 18 heavy (non-hydrogen) atoms. The molecule has 1 saturated heterocycles. The first kappa shape index (κ1) is 12.3. The number of hydrogen-bond acceptors (Lipinski definition) is 4. The lowest BCUT2D eigenvalue weighted by molar-refractivity contribution is -0.126. The molecule has 1 amide bonds. The van der Waals surface area contributed by atoms with Crippen LogP contribution in [0.1, 0.15) is 24.3 Å². The molecule has 6 heteroatoms. The molecule has 2 N–H and O–H groups in total. The van der Waals surface area contributed by atoms with Gasteiger partial charge in [-0.15, -0.1) is 0 Å². The highest BCUT2D eigenvalue weighted by Crippen LogP contribution is 2.25. The van der Waals surface area contributed by atoms with E-state index in [1.807, 2.05) is 18.7 Å². The number of rotatable bonds is 2. The van der Waals surface area contributed by atoms with Crippen molar-refractivity contribution in [1.29, 1.82) is 0 Å². The summed E-state index contributed by atoms with van der Waals surface area (Å²) in [7, 11) is 0. The van der Waals surface area contributed by atoms with Crippen molar-refractivity contribution in [3.63, 3.8) is 0 Å². The van der Waals surface area contributed by atoms with Crippen LogP contribution in [-0.2, 0) is 4.79 Å². The molecule has 1 aliphatic heterocycles. The first-order valence-corrected chi connectivity index (χ1v) is 5.68. The highest BCUT2D eigenvalue weighted by molar-refractivity contribution is 5.90. The zero-order chi connectivity index (χ0) is 13.3. The lowest BCUT2D eigenvalue weighted by Crippen LogP contribution is -2.62. The minimum Gasteiger partial charge on any atom is -0.477 e. The van der Waals surface area contributed by atoms with Gasteiger partial charge in [-0.25, -0.2) is 9.78 Å². The highest BCUT2D eigenvalue weighted by Gasteiger charge is 2.37. The molecular formula is C12H15N3O3. The fourth-order valence-electron chi connectivity index (χ4n) is 2.02. The number of aromatic carboxylic acids is 1. The Bertz CT molecular complexity index is 482. The van der Waals surface area contributed by atoms with Gasteiger partial charge < -0.3 is 15.3 Å². The number of hydrogen-bond donors (Lipinski definition) is 2. The minimum atomic E-state index is -1.06. The summed E-state index contributed by atoms with van der Waals surface area (Å²) >= 11 is 0. The average Bonchev–Trinajstić information content (AvgIpc) is 2.33. The summed E-state index contributed by atoms with van der Waals surface area (Å²) in [4.78, 5) is 28.3. The number of nitrogens with one attached hydrogen (secondary N) is 1. The van der Waals surface area contributed by atoms with Crippen molar-refractivity contribution in [2.24, 2.45) is 0 Å². The Morgan fingerprint density at radius 1 is 1.50 bits per heavy atom. The topological polar surface area (TPSA) is 82.5 Å². The maximum atomic E-state index is 11.8. The van der Waals surface area contributed by atoms with Crippen LogP contribution in [0.3, 0.4) is 0 Å². The van der Waals surface area contributed by atoms with Crippen molar-refractivity contribution in [3.05, 3.63) is 24.0 Å². The second-order valence-corrected chi connectivity index (χ2v) is 4.67. The largest absolute Gasteiger partial charge is 0.477 e. The normalized spacial score (nSPS) is 18.3. The third-order valence-corrected chi connectivity index (χ3v) is 3.13. The third kappa shape index (κ3) is 2.01. The number of carbonyl (C=O) groups is 2. The van der Waals surface area contributed by atoms with Crippen LogP contribution in [0.5, 0.6) is 0 Å². The maximum absolute atomic E-state index is 11.8. The van der Waals surface area contributed by atoms with E-state index in [2.05, 4.69) is 10.3 Å². The van der Waals surface area contributed by atoms with Crippen molar-refractivity contribution in [3.8, 4) is 0 Å². The van der Waals surface area contributed by atoms with Gasteiger partial charge in [-0.2, -0.15) is 0 Å². The number of amides is 1. The number of carboxylic acid groups (broad SMARTS) is 1. The molecule has 1 fully saturated rings. The van der Waals surface area contributed by atoms with Gasteiger partial charge in [0.05, 0.1) is 11.9 Å². The van der Waals surface area contributed by atoms with Crippen molar-refractivity contribution >= 4 is 17.6 Å². The zero-order valence-electron chi connectivity index (χ0n) is 10.3. The summed E-state index contributed by atoms with van der Waals surface area (Å²) in [5.74, 6) is -1.10. The van der Waals surface area contributed by atoms with Crippen LogP contribution in [0.2, 0.25) is 0 Å².